The fourth-order valence-corrected chi connectivity index (χ4v) is 3.76. The lowest BCUT2D eigenvalue weighted by Gasteiger charge is -2.41. The molecule has 1 saturated carbocycles. The Kier molecular flexibility index (Phi) is 3.56. The number of aromatic nitrogens is 2. The second-order valence-corrected chi connectivity index (χ2v) is 6.72. The van der Waals surface area contributed by atoms with Gasteiger partial charge in [-0.2, -0.15) is 5.10 Å². The van der Waals surface area contributed by atoms with Crippen molar-refractivity contribution < 1.29 is 9.18 Å². The van der Waals surface area contributed by atoms with Gasteiger partial charge in [-0.3, -0.25) is 9.48 Å². The van der Waals surface area contributed by atoms with Gasteiger partial charge in [-0.15, -0.1) is 0 Å². The summed E-state index contributed by atoms with van der Waals surface area (Å²) in [5, 5.41) is 5.17. The molecule has 0 spiro atoms. The number of hydrogen-bond donors (Lipinski definition) is 1. The highest BCUT2D eigenvalue weighted by Gasteiger charge is 2.29. The second-order valence-electron chi connectivity index (χ2n) is 6.72. The highest BCUT2D eigenvalue weighted by atomic mass is 19.1. The van der Waals surface area contributed by atoms with Crippen molar-refractivity contribution >= 4 is 16.8 Å². The van der Waals surface area contributed by atoms with E-state index in [4.69, 9.17) is 5.73 Å². The second kappa shape index (κ2) is 5.60. The number of piperidine rings is 1. The average molecular weight is 316 g/mol. The Morgan fingerprint density at radius 2 is 1.91 bits per heavy atom. The van der Waals surface area contributed by atoms with E-state index in [1.165, 1.54) is 31.4 Å². The van der Waals surface area contributed by atoms with Crippen LogP contribution in [0.25, 0.3) is 10.9 Å². The molecule has 0 unspecified atom stereocenters. The summed E-state index contributed by atoms with van der Waals surface area (Å²) < 4.78 is 15.5. The molecule has 1 aliphatic carbocycles. The van der Waals surface area contributed by atoms with Gasteiger partial charge in [0.05, 0.1) is 11.6 Å². The molecular formula is C17H21FN4O. The highest BCUT2D eigenvalue weighted by molar-refractivity contribution is 6.04. The van der Waals surface area contributed by atoms with E-state index in [1.807, 2.05) is 10.9 Å². The van der Waals surface area contributed by atoms with Crippen molar-refractivity contribution in [1.82, 2.24) is 14.7 Å². The van der Waals surface area contributed by atoms with Gasteiger partial charge in [0.1, 0.15) is 11.3 Å². The fourth-order valence-electron chi connectivity index (χ4n) is 3.76. The maximum atomic E-state index is 13.6. The first-order chi connectivity index (χ1) is 11.1. The molecule has 2 N–H and O–H groups in total. The first-order valence-electron chi connectivity index (χ1n) is 8.34. The Hall–Kier alpha value is -1.95. The normalized spacial score (nSPS) is 20.7. The minimum Gasteiger partial charge on any atom is -0.366 e. The molecule has 2 heterocycles. The number of nitrogens with zero attached hydrogens (tertiary/aromatic N) is 3. The summed E-state index contributed by atoms with van der Waals surface area (Å²) in [6.45, 7) is 2.17. The van der Waals surface area contributed by atoms with Crippen molar-refractivity contribution in [3.63, 3.8) is 0 Å². The minimum absolute atomic E-state index is 0.158. The van der Waals surface area contributed by atoms with Crippen LogP contribution in [0.4, 0.5) is 4.39 Å². The van der Waals surface area contributed by atoms with Gasteiger partial charge in [0.2, 0.25) is 0 Å². The number of hydrogen-bond acceptors (Lipinski definition) is 3. The number of primary amides is 1. The van der Waals surface area contributed by atoms with Crippen molar-refractivity contribution in [2.24, 2.45) is 5.73 Å². The SMILES string of the molecule is NC(=O)c1cc(F)cc2cn(C3CCN(C4CCC4)CC3)nc12. The largest absolute Gasteiger partial charge is 0.366 e. The Morgan fingerprint density at radius 3 is 2.52 bits per heavy atom. The Bertz CT molecular complexity index is 744. The van der Waals surface area contributed by atoms with Crippen LogP contribution in [0.15, 0.2) is 18.3 Å². The molecule has 1 aromatic heterocycles. The quantitative estimate of drug-likeness (QED) is 0.946. The fraction of sp³-hybridized carbons (Fsp3) is 0.529. The molecule has 0 radical (unpaired) electrons. The van der Waals surface area contributed by atoms with E-state index in [9.17, 15) is 9.18 Å². The maximum absolute atomic E-state index is 13.6. The third-order valence-corrected chi connectivity index (χ3v) is 5.32. The predicted molar refractivity (Wildman–Crippen MR) is 85.7 cm³/mol. The van der Waals surface area contributed by atoms with Crippen LogP contribution in [0.2, 0.25) is 0 Å². The third kappa shape index (κ3) is 2.61. The first kappa shape index (κ1) is 14.6. The van der Waals surface area contributed by atoms with Crippen molar-refractivity contribution in [2.45, 2.75) is 44.2 Å². The molecule has 5 nitrogen and oxygen atoms in total. The monoisotopic (exact) mass is 316 g/mol. The molecule has 6 heteroatoms. The van der Waals surface area contributed by atoms with Gasteiger partial charge in [0.25, 0.3) is 5.91 Å². The Labute approximate surface area is 134 Å². The number of likely N-dealkylation sites (tertiary alicyclic amines) is 1. The van der Waals surface area contributed by atoms with E-state index in [0.29, 0.717) is 16.9 Å². The lowest BCUT2D eigenvalue weighted by Crippen LogP contribution is -2.45. The lowest BCUT2D eigenvalue weighted by molar-refractivity contribution is 0.0843. The molecule has 2 aromatic rings. The van der Waals surface area contributed by atoms with Crippen LogP contribution >= 0.6 is 0 Å². The Balaban J connectivity index is 1.57. The first-order valence-corrected chi connectivity index (χ1v) is 8.34. The zero-order chi connectivity index (χ0) is 16.0. The molecule has 1 amide bonds. The van der Waals surface area contributed by atoms with E-state index in [1.54, 1.807) is 0 Å². The molecule has 122 valence electrons. The van der Waals surface area contributed by atoms with Crippen molar-refractivity contribution in [1.29, 1.82) is 0 Å². The standard InChI is InChI=1S/C17H21FN4O/c18-12-8-11-10-22(20-16(11)15(9-12)17(19)23)14-4-6-21(7-5-14)13-2-1-3-13/h8-10,13-14H,1-7H2,(H2,19,23). The minimum atomic E-state index is -0.639. The van der Waals surface area contributed by atoms with Gasteiger partial charge in [-0.25, -0.2) is 4.39 Å². The lowest BCUT2D eigenvalue weighted by atomic mass is 9.89. The van der Waals surface area contributed by atoms with Crippen LogP contribution in [0, 0.1) is 5.82 Å². The van der Waals surface area contributed by atoms with Crippen LogP contribution in [0.5, 0.6) is 0 Å². The van der Waals surface area contributed by atoms with Crippen LogP contribution in [0.3, 0.4) is 0 Å². The van der Waals surface area contributed by atoms with Gasteiger partial charge in [0.15, 0.2) is 0 Å². The van der Waals surface area contributed by atoms with Crippen molar-refractivity contribution in [3.8, 4) is 0 Å². The van der Waals surface area contributed by atoms with Crippen molar-refractivity contribution in [2.75, 3.05) is 13.1 Å². The summed E-state index contributed by atoms with van der Waals surface area (Å²) in [5.74, 6) is -1.09. The van der Waals surface area contributed by atoms with Crippen molar-refractivity contribution in [3.05, 3.63) is 29.7 Å². The number of halogens is 1. The van der Waals surface area contributed by atoms with Gasteiger partial charge in [0, 0.05) is 30.7 Å². The number of amides is 1. The topological polar surface area (TPSA) is 64.2 Å². The molecule has 4 rings (SSSR count). The average Bonchev–Trinajstić information content (AvgIpc) is 2.88. The van der Waals surface area contributed by atoms with E-state index >= 15 is 0 Å². The molecule has 23 heavy (non-hydrogen) atoms. The molecule has 1 aromatic carbocycles. The van der Waals surface area contributed by atoms with Gasteiger partial charge >= 0.3 is 0 Å². The molecule has 1 saturated heterocycles. The zero-order valence-electron chi connectivity index (χ0n) is 13.0. The summed E-state index contributed by atoms with van der Waals surface area (Å²) in [4.78, 5) is 14.1. The molecule has 0 bridgehead atoms. The van der Waals surface area contributed by atoms with Crippen LogP contribution in [-0.4, -0.2) is 39.7 Å². The van der Waals surface area contributed by atoms with Crippen LogP contribution in [-0.2, 0) is 0 Å². The predicted octanol–water partition coefficient (Wildman–Crippen LogP) is 2.46. The summed E-state index contributed by atoms with van der Waals surface area (Å²) in [7, 11) is 0. The number of benzene rings is 1. The summed E-state index contributed by atoms with van der Waals surface area (Å²) in [6, 6.07) is 3.67. The molecular weight excluding hydrogens is 295 g/mol. The van der Waals surface area contributed by atoms with Gasteiger partial charge < -0.3 is 10.6 Å². The van der Waals surface area contributed by atoms with Crippen LogP contribution < -0.4 is 5.73 Å². The number of carbonyl (C=O) groups is 1. The number of nitrogens with two attached hydrogens (primary N) is 1. The maximum Gasteiger partial charge on any atom is 0.251 e. The molecule has 1 aliphatic heterocycles. The molecule has 0 atom stereocenters. The van der Waals surface area contributed by atoms with E-state index in [-0.39, 0.29) is 5.56 Å². The van der Waals surface area contributed by atoms with Crippen LogP contribution in [0.1, 0.15) is 48.5 Å². The van der Waals surface area contributed by atoms with E-state index < -0.39 is 11.7 Å². The Morgan fingerprint density at radius 1 is 1.17 bits per heavy atom. The summed E-state index contributed by atoms with van der Waals surface area (Å²) >= 11 is 0. The van der Waals surface area contributed by atoms with Gasteiger partial charge in [-0.1, -0.05) is 6.42 Å². The zero-order valence-corrected chi connectivity index (χ0v) is 13.0. The number of rotatable bonds is 3. The number of fused-ring (bicyclic) bond motifs is 1. The molecule has 2 aliphatic rings. The van der Waals surface area contributed by atoms with E-state index in [2.05, 4.69) is 10.00 Å². The van der Waals surface area contributed by atoms with E-state index in [0.717, 1.165) is 32.0 Å². The summed E-state index contributed by atoms with van der Waals surface area (Å²) in [5.41, 5.74) is 6.01. The van der Waals surface area contributed by atoms with Gasteiger partial charge in [-0.05, 0) is 37.8 Å². The molecule has 2 fully saturated rings. The third-order valence-electron chi connectivity index (χ3n) is 5.32. The smallest absolute Gasteiger partial charge is 0.251 e. The summed E-state index contributed by atoms with van der Waals surface area (Å²) in [6.07, 6.45) is 7.94. The highest BCUT2D eigenvalue weighted by Crippen LogP contribution is 2.31. The number of carbonyl (C=O) groups excluding carboxylic acids is 1.